The number of benzene rings is 1. The van der Waals surface area contributed by atoms with Gasteiger partial charge in [0, 0.05) is 12.8 Å². The van der Waals surface area contributed by atoms with Gasteiger partial charge in [0.15, 0.2) is 0 Å². The van der Waals surface area contributed by atoms with E-state index in [1.165, 1.54) is 13.8 Å². The maximum atomic E-state index is 13.5. The predicted molar refractivity (Wildman–Crippen MR) is 205 cm³/mol. The van der Waals surface area contributed by atoms with Crippen LogP contribution < -0.4 is 48.7 Å². The van der Waals surface area contributed by atoms with E-state index in [2.05, 4.69) is 31.9 Å². The van der Waals surface area contributed by atoms with E-state index >= 15 is 0 Å². The summed E-state index contributed by atoms with van der Waals surface area (Å²) in [6.07, 6.45) is -3.43. The summed E-state index contributed by atoms with van der Waals surface area (Å²) in [5.74, 6) is -11.3. The highest BCUT2D eigenvalue weighted by atomic mass is 16.4. The number of carbonyl (C=O) groups excluding carboxylic acids is 8. The minimum atomic E-state index is -1.69. The Bertz CT molecular complexity index is 1660. The van der Waals surface area contributed by atoms with Gasteiger partial charge in [-0.3, -0.25) is 47.9 Å². The number of carbonyl (C=O) groups is 10. The minimum absolute atomic E-state index is 0.122. The van der Waals surface area contributed by atoms with E-state index in [9.17, 15) is 63.3 Å². The lowest BCUT2D eigenvalue weighted by atomic mass is 10.0. The van der Waals surface area contributed by atoms with Crippen molar-refractivity contribution in [2.45, 2.75) is 108 Å². The number of aliphatic hydroxyl groups excluding tert-OH is 2. The second kappa shape index (κ2) is 25.2. The number of carboxylic acid groups (broad SMARTS) is 2. The first-order valence-electron chi connectivity index (χ1n) is 18.5. The van der Waals surface area contributed by atoms with Crippen LogP contribution in [-0.2, 0) is 54.4 Å². The number of nitrogens with one attached hydrogen (secondary N) is 7. The van der Waals surface area contributed by atoms with Crippen molar-refractivity contribution in [1.29, 1.82) is 0 Å². The lowest BCUT2D eigenvalue weighted by Gasteiger charge is -2.28. The van der Waals surface area contributed by atoms with Gasteiger partial charge < -0.3 is 69.1 Å². The summed E-state index contributed by atoms with van der Waals surface area (Å²) in [4.78, 5) is 125. The molecule has 0 bridgehead atoms. The first kappa shape index (κ1) is 50.8. The lowest BCUT2D eigenvalue weighted by molar-refractivity contribution is -0.139. The van der Waals surface area contributed by atoms with Gasteiger partial charge in [-0.25, -0.2) is 0 Å². The quantitative estimate of drug-likeness (QED) is 0.0415. The van der Waals surface area contributed by atoms with Gasteiger partial charge in [0.25, 0.3) is 0 Å². The van der Waals surface area contributed by atoms with Crippen molar-refractivity contribution in [2.75, 3.05) is 13.2 Å². The number of amides is 8. The van der Waals surface area contributed by atoms with E-state index in [0.717, 1.165) is 19.4 Å². The van der Waals surface area contributed by atoms with Crippen LogP contribution in [0.3, 0.4) is 0 Å². The van der Waals surface area contributed by atoms with Crippen molar-refractivity contribution in [1.82, 2.24) is 37.2 Å². The van der Waals surface area contributed by atoms with Crippen LogP contribution in [0.5, 0.6) is 0 Å². The Balaban J connectivity index is 3.11. The number of aliphatic hydroxyl groups is 2. The highest BCUT2D eigenvalue weighted by Crippen LogP contribution is 2.08. The molecule has 0 radical (unpaired) electrons. The molecule has 8 amide bonds. The minimum Gasteiger partial charge on any atom is -0.481 e. The first-order valence-corrected chi connectivity index (χ1v) is 18.5. The molecule has 0 saturated heterocycles. The topological polar surface area (TPSA) is 388 Å². The molecule has 0 aromatic heterocycles. The molecule has 328 valence electrons. The van der Waals surface area contributed by atoms with Gasteiger partial charge in [-0.2, -0.15) is 0 Å². The lowest BCUT2D eigenvalue weighted by Crippen LogP contribution is -2.61. The van der Waals surface area contributed by atoms with E-state index in [-0.39, 0.29) is 6.42 Å². The van der Waals surface area contributed by atoms with Crippen LogP contribution in [-0.4, -0.2) is 141 Å². The average Bonchev–Trinajstić information content (AvgIpc) is 3.16. The summed E-state index contributed by atoms with van der Waals surface area (Å²) in [6, 6.07) is -1.64. The molecule has 0 aliphatic rings. The molecule has 23 heteroatoms. The fourth-order valence-corrected chi connectivity index (χ4v) is 5.18. The Morgan fingerprint density at radius 1 is 0.610 bits per heavy atom. The maximum absolute atomic E-state index is 13.5. The SMILES string of the molecule is CC(C)[C@H](NC(=O)[C@H](CO)NC(=O)[C@@H](N)Cc1ccccc1)C(=O)N[C@@H](CCC(=O)O)C(=O)N[C@@H](C)C(=O)N[C@@H](CCC(N)=O)C(=O)N[C@H](C(=O)NCC(=O)O)[C@@H](C)O. The Kier molecular flexibility index (Phi) is 21.7. The number of carboxylic acids is 2. The van der Waals surface area contributed by atoms with Crippen LogP contribution in [0.25, 0.3) is 0 Å². The molecule has 23 nitrogen and oxygen atoms in total. The molecule has 15 N–H and O–H groups in total. The molecule has 0 unspecified atom stereocenters. The van der Waals surface area contributed by atoms with E-state index in [1.54, 1.807) is 30.3 Å². The first-order chi connectivity index (χ1) is 27.6. The molecule has 0 saturated carbocycles. The van der Waals surface area contributed by atoms with Crippen molar-refractivity contribution in [3.63, 3.8) is 0 Å². The number of primary amides is 1. The summed E-state index contributed by atoms with van der Waals surface area (Å²) >= 11 is 0. The van der Waals surface area contributed by atoms with E-state index in [1.807, 2.05) is 5.32 Å². The molecule has 0 spiro atoms. The monoisotopic (exact) mass is 837 g/mol. The largest absolute Gasteiger partial charge is 0.481 e. The Hall–Kier alpha value is -6.20. The number of aliphatic carboxylic acids is 2. The van der Waals surface area contributed by atoms with Gasteiger partial charge in [0.05, 0.1) is 18.8 Å². The van der Waals surface area contributed by atoms with Gasteiger partial charge in [-0.1, -0.05) is 44.2 Å². The number of hydrogen-bond acceptors (Lipinski definition) is 13. The number of hydrogen-bond donors (Lipinski definition) is 13. The zero-order chi connectivity index (χ0) is 45.0. The standard InChI is InChI=1S/C36H55N9O14/c1-17(2)28(44-34(57)24(16-46)43-31(54)21(37)14-20-8-6-5-7-9-20)36(59)42-23(11-13-26(49)50)32(55)40-18(3)30(53)41-22(10-12-25(38)48)33(56)45-29(19(4)47)35(58)39-15-27(51)52/h5-9,17-19,21-24,28-29,46-47H,10-16,37H2,1-4H3,(H2,38,48)(H,39,58)(H,40,55)(H,41,53)(H,42,59)(H,43,54)(H,44,57)(H,45,56)(H,49,50)(H,51,52)/t18-,19+,21-,22-,23-,24-,28-,29-/m0/s1. The molecule has 59 heavy (non-hydrogen) atoms. The molecule has 1 rings (SSSR count). The molecule has 8 atom stereocenters. The molecule has 0 fully saturated rings. The fraction of sp³-hybridized carbons (Fsp3) is 0.556. The number of rotatable bonds is 26. The summed E-state index contributed by atoms with van der Waals surface area (Å²) in [5.41, 5.74) is 11.9. The zero-order valence-electron chi connectivity index (χ0n) is 33.1. The van der Waals surface area contributed by atoms with E-state index < -0.39 is 152 Å². The summed E-state index contributed by atoms with van der Waals surface area (Å²) < 4.78 is 0. The van der Waals surface area contributed by atoms with Crippen LogP contribution in [0, 0.1) is 5.92 Å². The van der Waals surface area contributed by atoms with Crippen molar-refractivity contribution >= 4 is 59.2 Å². The van der Waals surface area contributed by atoms with Gasteiger partial charge in [0.2, 0.25) is 47.3 Å². The fourth-order valence-electron chi connectivity index (χ4n) is 5.18. The normalized spacial score (nSPS) is 15.0. The van der Waals surface area contributed by atoms with Crippen LogP contribution in [0.2, 0.25) is 0 Å². The van der Waals surface area contributed by atoms with Crippen LogP contribution in [0.4, 0.5) is 0 Å². The molecule has 0 aliphatic carbocycles. The van der Waals surface area contributed by atoms with Crippen molar-refractivity contribution in [2.24, 2.45) is 17.4 Å². The molecule has 1 aromatic rings. The Morgan fingerprint density at radius 3 is 1.63 bits per heavy atom. The second-order valence-electron chi connectivity index (χ2n) is 13.9. The third kappa shape index (κ3) is 18.7. The summed E-state index contributed by atoms with van der Waals surface area (Å²) in [6.45, 7) is 3.63. The highest BCUT2D eigenvalue weighted by molar-refractivity contribution is 5.97. The van der Waals surface area contributed by atoms with Crippen LogP contribution >= 0.6 is 0 Å². The van der Waals surface area contributed by atoms with Crippen LogP contribution in [0.1, 0.15) is 58.9 Å². The van der Waals surface area contributed by atoms with Gasteiger partial charge >= 0.3 is 11.9 Å². The predicted octanol–water partition coefficient (Wildman–Crippen LogP) is -5.15. The molecular formula is C36H55N9O14. The van der Waals surface area contributed by atoms with Crippen molar-refractivity contribution in [3.8, 4) is 0 Å². The van der Waals surface area contributed by atoms with Crippen LogP contribution in [0.15, 0.2) is 30.3 Å². The molecule has 1 aromatic carbocycles. The molecule has 0 heterocycles. The van der Waals surface area contributed by atoms with Gasteiger partial charge in [-0.05, 0) is 44.6 Å². The Labute approximate surface area is 339 Å². The van der Waals surface area contributed by atoms with Crippen molar-refractivity contribution in [3.05, 3.63) is 35.9 Å². The third-order valence-electron chi connectivity index (χ3n) is 8.52. The smallest absolute Gasteiger partial charge is 0.322 e. The molecular weight excluding hydrogens is 782 g/mol. The maximum Gasteiger partial charge on any atom is 0.322 e. The molecule has 0 aliphatic heterocycles. The van der Waals surface area contributed by atoms with Gasteiger partial charge in [-0.15, -0.1) is 0 Å². The third-order valence-corrected chi connectivity index (χ3v) is 8.52. The average molecular weight is 838 g/mol. The van der Waals surface area contributed by atoms with E-state index in [0.29, 0.717) is 0 Å². The second-order valence-corrected chi connectivity index (χ2v) is 13.9. The number of nitrogens with two attached hydrogens (primary N) is 2. The summed E-state index contributed by atoms with van der Waals surface area (Å²) in [7, 11) is 0. The van der Waals surface area contributed by atoms with Crippen molar-refractivity contribution < 1.29 is 68.4 Å². The highest BCUT2D eigenvalue weighted by Gasteiger charge is 2.34. The van der Waals surface area contributed by atoms with E-state index in [4.69, 9.17) is 16.6 Å². The van der Waals surface area contributed by atoms with Gasteiger partial charge in [0.1, 0.15) is 42.8 Å². The summed E-state index contributed by atoms with van der Waals surface area (Å²) in [5, 5.41) is 53.9. The zero-order valence-corrected chi connectivity index (χ0v) is 33.1. The Morgan fingerprint density at radius 2 is 1.12 bits per heavy atom.